The van der Waals surface area contributed by atoms with E-state index >= 15 is 0 Å². The molecular formula is C21H23N7O3. The average Bonchev–Trinajstić information content (AvgIpc) is 3.37. The van der Waals surface area contributed by atoms with Gasteiger partial charge >= 0.3 is 0 Å². The van der Waals surface area contributed by atoms with E-state index in [1.165, 1.54) is 0 Å². The SMILES string of the molecule is CC(C)Oc1nc2nn(C3CCCOC3)cc2cc1C(=O)Nc1cnn2cccnc12. The maximum absolute atomic E-state index is 13.2. The van der Waals surface area contributed by atoms with E-state index in [-0.39, 0.29) is 23.9 Å². The highest BCUT2D eigenvalue weighted by Gasteiger charge is 2.22. The summed E-state index contributed by atoms with van der Waals surface area (Å²) in [7, 11) is 0. The highest BCUT2D eigenvalue weighted by molar-refractivity contribution is 6.08. The van der Waals surface area contributed by atoms with Gasteiger partial charge < -0.3 is 14.8 Å². The van der Waals surface area contributed by atoms with Crippen LogP contribution in [0.15, 0.2) is 36.9 Å². The Labute approximate surface area is 178 Å². The molecule has 160 valence electrons. The summed E-state index contributed by atoms with van der Waals surface area (Å²) >= 11 is 0. The van der Waals surface area contributed by atoms with Crippen molar-refractivity contribution < 1.29 is 14.3 Å². The summed E-state index contributed by atoms with van der Waals surface area (Å²) in [6, 6.07) is 3.70. The number of fused-ring (bicyclic) bond motifs is 2. The third-order valence-corrected chi connectivity index (χ3v) is 5.11. The molecule has 1 unspecified atom stereocenters. The Kier molecular flexibility index (Phi) is 4.99. The van der Waals surface area contributed by atoms with E-state index in [1.54, 1.807) is 35.2 Å². The van der Waals surface area contributed by atoms with Crippen molar-refractivity contribution in [3.05, 3.63) is 42.5 Å². The van der Waals surface area contributed by atoms with Gasteiger partial charge in [0.25, 0.3) is 5.91 Å². The molecule has 1 saturated heterocycles. The van der Waals surface area contributed by atoms with Crippen LogP contribution in [0.25, 0.3) is 16.7 Å². The van der Waals surface area contributed by atoms with Crippen molar-refractivity contribution in [1.29, 1.82) is 0 Å². The van der Waals surface area contributed by atoms with Gasteiger partial charge in [0.1, 0.15) is 11.3 Å². The molecular weight excluding hydrogens is 398 g/mol. The third-order valence-electron chi connectivity index (χ3n) is 5.11. The number of rotatable bonds is 5. The second kappa shape index (κ2) is 7.95. The van der Waals surface area contributed by atoms with E-state index in [2.05, 4.69) is 25.5 Å². The zero-order valence-electron chi connectivity index (χ0n) is 17.4. The maximum atomic E-state index is 13.2. The maximum Gasteiger partial charge on any atom is 0.261 e. The van der Waals surface area contributed by atoms with Crippen LogP contribution in [-0.2, 0) is 4.74 Å². The first-order chi connectivity index (χ1) is 15.1. The average molecular weight is 421 g/mol. The number of anilines is 1. The van der Waals surface area contributed by atoms with Crippen molar-refractivity contribution in [2.75, 3.05) is 18.5 Å². The number of hydrogen-bond acceptors (Lipinski definition) is 7. The van der Waals surface area contributed by atoms with Crippen LogP contribution in [0.5, 0.6) is 5.88 Å². The number of ether oxygens (including phenoxy) is 2. The van der Waals surface area contributed by atoms with Gasteiger partial charge in [0, 0.05) is 30.6 Å². The summed E-state index contributed by atoms with van der Waals surface area (Å²) < 4.78 is 14.9. The smallest absolute Gasteiger partial charge is 0.261 e. The Hall–Kier alpha value is -3.53. The number of pyridine rings is 1. The number of hydrogen-bond donors (Lipinski definition) is 1. The largest absolute Gasteiger partial charge is 0.474 e. The molecule has 0 aliphatic carbocycles. The van der Waals surface area contributed by atoms with Crippen LogP contribution in [0.4, 0.5) is 5.69 Å². The predicted molar refractivity (Wildman–Crippen MR) is 113 cm³/mol. The zero-order valence-corrected chi connectivity index (χ0v) is 17.4. The minimum atomic E-state index is -0.348. The van der Waals surface area contributed by atoms with Gasteiger partial charge in [0.2, 0.25) is 5.88 Å². The fourth-order valence-electron chi connectivity index (χ4n) is 3.66. The number of carbonyl (C=O) groups excluding carboxylic acids is 1. The molecule has 31 heavy (non-hydrogen) atoms. The summed E-state index contributed by atoms with van der Waals surface area (Å²) in [4.78, 5) is 22.0. The second-order valence-electron chi connectivity index (χ2n) is 7.80. The standard InChI is InChI=1S/C21H23N7O3/c1-13(2)31-21-16(20(29)24-17-10-23-27-7-4-6-22-19(17)27)9-14-11-28(26-18(14)25-21)15-5-3-8-30-12-15/h4,6-7,9-11,13,15H,3,5,8,12H2,1-2H3,(H,24,29). The molecule has 4 aromatic rings. The monoisotopic (exact) mass is 421 g/mol. The highest BCUT2D eigenvalue weighted by Crippen LogP contribution is 2.27. The van der Waals surface area contributed by atoms with Gasteiger partial charge in [0.15, 0.2) is 11.3 Å². The lowest BCUT2D eigenvalue weighted by Crippen LogP contribution is -2.21. The van der Waals surface area contributed by atoms with Gasteiger partial charge in [-0.1, -0.05) is 0 Å². The lowest BCUT2D eigenvalue weighted by atomic mass is 10.1. The summed E-state index contributed by atoms with van der Waals surface area (Å²) in [5.41, 5.74) is 1.93. The second-order valence-corrected chi connectivity index (χ2v) is 7.80. The summed E-state index contributed by atoms with van der Waals surface area (Å²) in [6.45, 7) is 5.19. The normalized spacial score (nSPS) is 16.8. The van der Waals surface area contributed by atoms with E-state index in [9.17, 15) is 4.79 Å². The zero-order chi connectivity index (χ0) is 21.4. The van der Waals surface area contributed by atoms with Gasteiger partial charge in [-0.25, -0.2) is 9.50 Å². The van der Waals surface area contributed by atoms with E-state index < -0.39 is 0 Å². The Balaban J connectivity index is 1.51. The van der Waals surface area contributed by atoms with Crippen molar-refractivity contribution in [3.8, 4) is 5.88 Å². The number of aromatic nitrogens is 6. The molecule has 1 amide bonds. The van der Waals surface area contributed by atoms with Crippen molar-refractivity contribution in [2.45, 2.75) is 38.8 Å². The van der Waals surface area contributed by atoms with E-state index in [0.29, 0.717) is 29.2 Å². The van der Waals surface area contributed by atoms with Gasteiger partial charge in [-0.05, 0) is 38.8 Å². The van der Waals surface area contributed by atoms with Crippen molar-refractivity contribution >= 4 is 28.3 Å². The molecule has 0 saturated carbocycles. The molecule has 1 aliphatic heterocycles. The molecule has 0 spiro atoms. The Morgan fingerprint density at radius 3 is 3.10 bits per heavy atom. The summed E-state index contributed by atoms with van der Waals surface area (Å²) in [5, 5.41) is 12.5. The molecule has 10 heteroatoms. The molecule has 5 heterocycles. The van der Waals surface area contributed by atoms with Crippen LogP contribution in [-0.4, -0.2) is 54.6 Å². The van der Waals surface area contributed by atoms with Gasteiger partial charge in [-0.2, -0.15) is 15.2 Å². The topological polar surface area (TPSA) is 108 Å². The number of nitrogens with one attached hydrogen (secondary N) is 1. The summed E-state index contributed by atoms with van der Waals surface area (Å²) in [6.07, 6.45) is 8.74. The van der Waals surface area contributed by atoms with Crippen LogP contribution in [0, 0.1) is 0 Å². The van der Waals surface area contributed by atoms with Crippen LogP contribution in [0.1, 0.15) is 43.1 Å². The third kappa shape index (κ3) is 3.81. The molecule has 0 radical (unpaired) electrons. The Morgan fingerprint density at radius 2 is 2.29 bits per heavy atom. The van der Waals surface area contributed by atoms with E-state index in [1.807, 2.05) is 24.7 Å². The predicted octanol–water partition coefficient (Wildman–Crippen LogP) is 2.87. The number of amides is 1. The number of nitrogens with zero attached hydrogens (tertiary/aromatic N) is 6. The van der Waals surface area contributed by atoms with Crippen molar-refractivity contribution in [3.63, 3.8) is 0 Å². The molecule has 0 aromatic carbocycles. The first-order valence-electron chi connectivity index (χ1n) is 10.3. The highest BCUT2D eigenvalue weighted by atomic mass is 16.5. The molecule has 1 fully saturated rings. The molecule has 0 bridgehead atoms. The molecule has 10 nitrogen and oxygen atoms in total. The molecule has 1 aliphatic rings. The molecule has 5 rings (SSSR count). The minimum absolute atomic E-state index is 0.149. The van der Waals surface area contributed by atoms with Gasteiger partial charge in [-0.3, -0.25) is 9.48 Å². The summed E-state index contributed by atoms with van der Waals surface area (Å²) in [5.74, 6) is -0.103. The van der Waals surface area contributed by atoms with Crippen LogP contribution in [0.2, 0.25) is 0 Å². The van der Waals surface area contributed by atoms with Crippen LogP contribution in [0.3, 0.4) is 0 Å². The lowest BCUT2D eigenvalue weighted by Gasteiger charge is -2.21. The fraction of sp³-hybridized carbons (Fsp3) is 0.381. The first kappa shape index (κ1) is 19.4. The van der Waals surface area contributed by atoms with Crippen LogP contribution < -0.4 is 10.1 Å². The molecule has 1 N–H and O–H groups in total. The van der Waals surface area contributed by atoms with Crippen molar-refractivity contribution in [2.24, 2.45) is 0 Å². The Morgan fingerprint density at radius 1 is 1.39 bits per heavy atom. The van der Waals surface area contributed by atoms with E-state index in [4.69, 9.17) is 9.47 Å². The van der Waals surface area contributed by atoms with Gasteiger partial charge in [-0.15, -0.1) is 0 Å². The van der Waals surface area contributed by atoms with Crippen molar-refractivity contribution in [1.82, 2.24) is 29.4 Å². The first-order valence-corrected chi connectivity index (χ1v) is 10.3. The van der Waals surface area contributed by atoms with Gasteiger partial charge in [0.05, 0.1) is 24.9 Å². The lowest BCUT2D eigenvalue weighted by molar-refractivity contribution is 0.0551. The van der Waals surface area contributed by atoms with E-state index in [0.717, 1.165) is 24.8 Å². The Bertz CT molecular complexity index is 1240. The minimum Gasteiger partial charge on any atom is -0.474 e. The molecule has 4 aromatic heterocycles. The van der Waals surface area contributed by atoms with Crippen LogP contribution >= 0.6 is 0 Å². The molecule has 1 atom stereocenters. The number of carbonyl (C=O) groups is 1. The fourth-order valence-corrected chi connectivity index (χ4v) is 3.66. The quantitative estimate of drug-likeness (QED) is 0.528.